The van der Waals surface area contributed by atoms with E-state index in [0.29, 0.717) is 6.42 Å². The summed E-state index contributed by atoms with van der Waals surface area (Å²) >= 11 is 0. The first-order valence-electron chi connectivity index (χ1n) is 11.7. The molecule has 0 aromatic heterocycles. The fraction of sp³-hybridized carbons (Fsp3) is 0.600. The van der Waals surface area contributed by atoms with Gasteiger partial charge in [0.15, 0.2) is 0 Å². The average Bonchev–Trinajstić information content (AvgIpc) is 2.76. The van der Waals surface area contributed by atoms with Gasteiger partial charge in [-0.15, -0.1) is 0 Å². The van der Waals surface area contributed by atoms with Gasteiger partial charge in [-0.25, -0.2) is 4.79 Å². The molecule has 190 valence electrons. The molecule has 0 saturated carbocycles. The molecule has 3 amide bonds. The largest absolute Gasteiger partial charge is 0.464 e. The quantitative estimate of drug-likeness (QED) is 0.352. The Bertz CT molecular complexity index is 797. The molecular weight excluding hydrogens is 438 g/mol. The van der Waals surface area contributed by atoms with E-state index in [-0.39, 0.29) is 31.7 Å². The molecule has 3 N–H and O–H groups in total. The molecule has 0 aliphatic rings. The third-order valence-corrected chi connectivity index (χ3v) is 4.94. The predicted octanol–water partition coefficient (Wildman–Crippen LogP) is 1.94. The molecule has 0 bridgehead atoms. The highest BCUT2D eigenvalue weighted by molar-refractivity contribution is 5.93. The van der Waals surface area contributed by atoms with Crippen LogP contribution < -0.4 is 16.0 Å². The molecule has 0 spiro atoms. The van der Waals surface area contributed by atoms with Crippen molar-refractivity contribution in [2.24, 2.45) is 11.8 Å². The number of esters is 1. The van der Waals surface area contributed by atoms with Crippen LogP contribution >= 0.6 is 0 Å². The van der Waals surface area contributed by atoms with Crippen molar-refractivity contribution in [2.45, 2.75) is 72.7 Å². The summed E-state index contributed by atoms with van der Waals surface area (Å²) in [5.41, 5.74) is 0.931. The van der Waals surface area contributed by atoms with E-state index in [4.69, 9.17) is 9.47 Å². The normalized spacial score (nSPS) is 13.6. The molecule has 1 rings (SSSR count). The second kappa shape index (κ2) is 15.1. The zero-order chi connectivity index (χ0) is 25.7. The molecule has 3 atom stereocenters. The second-order valence-corrected chi connectivity index (χ2v) is 8.93. The zero-order valence-corrected chi connectivity index (χ0v) is 21.1. The number of hydrogen-bond donors (Lipinski definition) is 3. The third kappa shape index (κ3) is 10.8. The summed E-state index contributed by atoms with van der Waals surface area (Å²) in [5.74, 6) is -2.05. The van der Waals surface area contributed by atoms with Gasteiger partial charge in [-0.1, -0.05) is 58.0 Å². The highest BCUT2D eigenvalue weighted by atomic mass is 16.5. The third-order valence-electron chi connectivity index (χ3n) is 4.94. The van der Waals surface area contributed by atoms with E-state index >= 15 is 0 Å². The molecular formula is C25H39N3O6. The van der Waals surface area contributed by atoms with Crippen molar-refractivity contribution >= 4 is 23.7 Å². The molecule has 0 aliphatic heterocycles. The number of ether oxygens (including phenoxy) is 2. The van der Waals surface area contributed by atoms with Crippen LogP contribution in [-0.4, -0.2) is 55.0 Å². The van der Waals surface area contributed by atoms with Gasteiger partial charge in [0.05, 0.1) is 19.8 Å². The fourth-order valence-corrected chi connectivity index (χ4v) is 3.26. The van der Waals surface area contributed by atoms with Gasteiger partial charge in [0.1, 0.15) is 18.1 Å². The van der Waals surface area contributed by atoms with Crippen LogP contribution in [0.2, 0.25) is 0 Å². The van der Waals surface area contributed by atoms with Gasteiger partial charge in [0, 0.05) is 6.92 Å². The summed E-state index contributed by atoms with van der Waals surface area (Å²) in [6.45, 7) is 10.9. The van der Waals surface area contributed by atoms with Crippen LogP contribution in [0.15, 0.2) is 30.3 Å². The number of carbonyl (C=O) groups excluding carboxylic acids is 4. The van der Waals surface area contributed by atoms with Crippen molar-refractivity contribution in [2.75, 3.05) is 13.2 Å². The highest BCUT2D eigenvalue weighted by Crippen LogP contribution is 2.10. The molecule has 0 fully saturated rings. The van der Waals surface area contributed by atoms with Gasteiger partial charge in [0.2, 0.25) is 17.7 Å². The molecule has 0 heterocycles. The Hall–Kier alpha value is -2.94. The molecule has 0 saturated heterocycles. The minimum Gasteiger partial charge on any atom is -0.464 e. The SMILES string of the molecule is CCOC(=O)[C@@H](NC(=O)[C@H](CC(C)C)NC(=O)[C@H](COCc1ccccc1)NC(C)=O)C(C)C. The highest BCUT2D eigenvalue weighted by Gasteiger charge is 2.31. The van der Waals surface area contributed by atoms with E-state index in [9.17, 15) is 19.2 Å². The van der Waals surface area contributed by atoms with Crippen LogP contribution in [-0.2, 0) is 35.3 Å². The van der Waals surface area contributed by atoms with E-state index in [1.54, 1.807) is 20.8 Å². The number of nitrogens with one attached hydrogen (secondary N) is 3. The lowest BCUT2D eigenvalue weighted by atomic mass is 10.00. The average molecular weight is 478 g/mol. The monoisotopic (exact) mass is 477 g/mol. The summed E-state index contributed by atoms with van der Waals surface area (Å²) in [6.07, 6.45) is 0.350. The Morgan fingerprint density at radius 1 is 0.882 bits per heavy atom. The lowest BCUT2D eigenvalue weighted by molar-refractivity contribution is -0.149. The molecule has 0 aliphatic carbocycles. The Balaban J connectivity index is 2.89. The summed E-state index contributed by atoms with van der Waals surface area (Å²) < 4.78 is 10.7. The van der Waals surface area contributed by atoms with E-state index < -0.39 is 41.8 Å². The maximum Gasteiger partial charge on any atom is 0.328 e. The fourth-order valence-electron chi connectivity index (χ4n) is 3.26. The van der Waals surface area contributed by atoms with Gasteiger partial charge >= 0.3 is 5.97 Å². The lowest BCUT2D eigenvalue weighted by Gasteiger charge is -2.27. The Kier molecular flexibility index (Phi) is 12.9. The summed E-state index contributed by atoms with van der Waals surface area (Å²) in [7, 11) is 0. The van der Waals surface area contributed by atoms with Crippen molar-refractivity contribution < 1.29 is 28.7 Å². The molecule has 9 heteroatoms. The second-order valence-electron chi connectivity index (χ2n) is 8.93. The summed E-state index contributed by atoms with van der Waals surface area (Å²) in [5, 5.41) is 8.00. The van der Waals surface area contributed by atoms with E-state index in [0.717, 1.165) is 5.56 Å². The molecule has 0 radical (unpaired) electrons. The molecule has 34 heavy (non-hydrogen) atoms. The predicted molar refractivity (Wildman–Crippen MR) is 128 cm³/mol. The Labute approximate surface area is 202 Å². The first-order valence-corrected chi connectivity index (χ1v) is 11.7. The zero-order valence-electron chi connectivity index (χ0n) is 21.1. The molecule has 0 unspecified atom stereocenters. The van der Waals surface area contributed by atoms with Crippen molar-refractivity contribution in [3.8, 4) is 0 Å². The van der Waals surface area contributed by atoms with Crippen molar-refractivity contribution in [1.82, 2.24) is 16.0 Å². The summed E-state index contributed by atoms with van der Waals surface area (Å²) in [6, 6.07) is 6.74. The van der Waals surface area contributed by atoms with Gasteiger partial charge < -0.3 is 25.4 Å². The van der Waals surface area contributed by atoms with Crippen molar-refractivity contribution in [3.05, 3.63) is 35.9 Å². The van der Waals surface area contributed by atoms with Crippen molar-refractivity contribution in [3.63, 3.8) is 0 Å². The van der Waals surface area contributed by atoms with Crippen LogP contribution in [0, 0.1) is 11.8 Å². The first kappa shape index (κ1) is 29.1. The minimum absolute atomic E-state index is 0.0617. The standard InChI is InChI=1S/C25H39N3O6/c1-7-34-25(32)22(17(4)5)28-23(30)20(13-16(2)3)27-24(31)21(26-18(6)29)15-33-14-19-11-9-8-10-12-19/h8-12,16-17,20-22H,7,13-15H2,1-6H3,(H,26,29)(H,27,31)(H,28,30)/t20-,21-,22-/m0/s1. The van der Waals surface area contributed by atoms with Gasteiger partial charge in [0.25, 0.3) is 0 Å². The molecule has 1 aromatic carbocycles. The number of hydrogen-bond acceptors (Lipinski definition) is 6. The number of amides is 3. The molecule has 9 nitrogen and oxygen atoms in total. The van der Waals surface area contributed by atoms with Crippen LogP contribution in [0.25, 0.3) is 0 Å². The van der Waals surface area contributed by atoms with Crippen LogP contribution in [0.1, 0.15) is 53.5 Å². The van der Waals surface area contributed by atoms with E-state index in [1.807, 2.05) is 44.2 Å². The van der Waals surface area contributed by atoms with E-state index in [1.165, 1.54) is 6.92 Å². The van der Waals surface area contributed by atoms with Crippen molar-refractivity contribution in [1.29, 1.82) is 0 Å². The van der Waals surface area contributed by atoms with Gasteiger partial charge in [-0.05, 0) is 30.7 Å². The smallest absolute Gasteiger partial charge is 0.328 e. The maximum atomic E-state index is 13.0. The Morgan fingerprint density at radius 3 is 2.03 bits per heavy atom. The van der Waals surface area contributed by atoms with Crippen LogP contribution in [0.3, 0.4) is 0 Å². The number of benzene rings is 1. The molecule has 1 aromatic rings. The van der Waals surface area contributed by atoms with E-state index in [2.05, 4.69) is 16.0 Å². The van der Waals surface area contributed by atoms with Crippen LogP contribution in [0.4, 0.5) is 0 Å². The van der Waals surface area contributed by atoms with Gasteiger partial charge in [-0.3, -0.25) is 14.4 Å². The maximum absolute atomic E-state index is 13.0. The first-order chi connectivity index (χ1) is 16.0. The Morgan fingerprint density at radius 2 is 1.50 bits per heavy atom. The van der Waals surface area contributed by atoms with Crippen LogP contribution in [0.5, 0.6) is 0 Å². The topological polar surface area (TPSA) is 123 Å². The summed E-state index contributed by atoms with van der Waals surface area (Å²) in [4.78, 5) is 50.0. The minimum atomic E-state index is -0.977. The number of carbonyl (C=O) groups is 4. The lowest BCUT2D eigenvalue weighted by Crippen LogP contribution is -2.57. The number of rotatable bonds is 14. The van der Waals surface area contributed by atoms with Gasteiger partial charge in [-0.2, -0.15) is 0 Å².